The number of nitrogens with one attached hydrogen (secondary N) is 1. The third kappa shape index (κ3) is 2.74. The first-order chi connectivity index (χ1) is 9.47. The molecule has 3 N–H and O–H groups in total. The molecule has 0 aliphatic heterocycles. The van der Waals surface area contributed by atoms with E-state index in [1.54, 1.807) is 23.0 Å². The van der Waals surface area contributed by atoms with Crippen LogP contribution >= 0.6 is 27.5 Å². The molecule has 0 fully saturated rings. The Morgan fingerprint density at radius 2 is 2.15 bits per heavy atom. The summed E-state index contributed by atoms with van der Waals surface area (Å²) in [5.41, 5.74) is 3.77. The van der Waals surface area contributed by atoms with Crippen molar-refractivity contribution < 1.29 is 4.39 Å². The van der Waals surface area contributed by atoms with Crippen LogP contribution in [0.2, 0.25) is 5.02 Å². The molecule has 0 aliphatic carbocycles. The topological polar surface area (TPSA) is 55.9 Å². The van der Waals surface area contributed by atoms with Crippen molar-refractivity contribution in [2.75, 3.05) is 0 Å². The van der Waals surface area contributed by atoms with Crippen molar-refractivity contribution in [1.82, 2.24) is 15.2 Å². The highest BCUT2D eigenvalue weighted by Gasteiger charge is 2.25. The second kappa shape index (κ2) is 6.22. The van der Waals surface area contributed by atoms with Gasteiger partial charge in [0.1, 0.15) is 5.82 Å². The standard InChI is InChI=1S/C13H15BrClFN4/c1-7(2)20-13(9(14)6-18-20)12(19-17)8-4-3-5-10(15)11(8)16/h3-7,12,19H,17H2,1-2H3. The van der Waals surface area contributed by atoms with Gasteiger partial charge in [-0.15, -0.1) is 0 Å². The second-order valence-electron chi connectivity index (χ2n) is 4.66. The van der Waals surface area contributed by atoms with Crippen LogP contribution in [-0.2, 0) is 0 Å². The van der Waals surface area contributed by atoms with E-state index < -0.39 is 11.9 Å². The third-order valence-electron chi connectivity index (χ3n) is 3.01. The van der Waals surface area contributed by atoms with Gasteiger partial charge in [0.05, 0.1) is 27.4 Å². The molecule has 1 atom stereocenters. The van der Waals surface area contributed by atoms with E-state index in [0.29, 0.717) is 5.56 Å². The van der Waals surface area contributed by atoms with Crippen molar-refractivity contribution in [2.24, 2.45) is 5.84 Å². The summed E-state index contributed by atoms with van der Waals surface area (Å²) < 4.78 is 16.8. The van der Waals surface area contributed by atoms with Crippen molar-refractivity contribution >= 4 is 27.5 Å². The van der Waals surface area contributed by atoms with Crippen LogP contribution in [0.15, 0.2) is 28.9 Å². The summed E-state index contributed by atoms with van der Waals surface area (Å²) in [4.78, 5) is 0. The van der Waals surface area contributed by atoms with E-state index in [1.807, 2.05) is 13.8 Å². The largest absolute Gasteiger partial charge is 0.271 e. The number of rotatable bonds is 4. The summed E-state index contributed by atoms with van der Waals surface area (Å²) in [5.74, 6) is 5.15. The number of hydrogen-bond donors (Lipinski definition) is 2. The van der Waals surface area contributed by atoms with E-state index in [-0.39, 0.29) is 11.1 Å². The van der Waals surface area contributed by atoms with Gasteiger partial charge in [-0.25, -0.2) is 9.82 Å². The van der Waals surface area contributed by atoms with Crippen LogP contribution in [0.4, 0.5) is 4.39 Å². The molecule has 1 aromatic heterocycles. The van der Waals surface area contributed by atoms with Gasteiger partial charge >= 0.3 is 0 Å². The van der Waals surface area contributed by atoms with E-state index in [4.69, 9.17) is 17.4 Å². The maximum Gasteiger partial charge on any atom is 0.147 e. The molecular formula is C13H15BrClFN4. The summed E-state index contributed by atoms with van der Waals surface area (Å²) in [6, 6.07) is 4.41. The summed E-state index contributed by atoms with van der Waals surface area (Å²) >= 11 is 9.27. The molecule has 7 heteroatoms. The number of hydrazine groups is 1. The smallest absolute Gasteiger partial charge is 0.147 e. The highest BCUT2D eigenvalue weighted by Crippen LogP contribution is 2.32. The fourth-order valence-electron chi connectivity index (χ4n) is 2.09. The van der Waals surface area contributed by atoms with E-state index in [2.05, 4.69) is 26.5 Å². The van der Waals surface area contributed by atoms with Crippen LogP contribution in [-0.4, -0.2) is 9.78 Å². The first-order valence-corrected chi connectivity index (χ1v) is 7.27. The predicted molar refractivity (Wildman–Crippen MR) is 80.9 cm³/mol. The first kappa shape index (κ1) is 15.4. The lowest BCUT2D eigenvalue weighted by Gasteiger charge is -2.21. The summed E-state index contributed by atoms with van der Waals surface area (Å²) in [6.07, 6.45) is 1.67. The SMILES string of the molecule is CC(C)n1ncc(Br)c1C(NN)c1cccc(Cl)c1F. The van der Waals surface area contributed by atoms with Crippen LogP contribution in [0.25, 0.3) is 0 Å². The Bertz CT molecular complexity index is 614. The van der Waals surface area contributed by atoms with Crippen LogP contribution in [0.1, 0.15) is 37.2 Å². The minimum absolute atomic E-state index is 0.0643. The highest BCUT2D eigenvalue weighted by atomic mass is 79.9. The van der Waals surface area contributed by atoms with Crippen molar-refractivity contribution in [3.05, 3.63) is 51.0 Å². The zero-order chi connectivity index (χ0) is 14.9. The molecule has 0 saturated carbocycles. The summed E-state index contributed by atoms with van der Waals surface area (Å²) in [5, 5.41) is 4.34. The molecule has 0 amide bonds. The Labute approximate surface area is 130 Å². The van der Waals surface area contributed by atoms with Gasteiger partial charge in [-0.05, 0) is 35.8 Å². The molecule has 0 bridgehead atoms. The highest BCUT2D eigenvalue weighted by molar-refractivity contribution is 9.10. The van der Waals surface area contributed by atoms with Crippen molar-refractivity contribution in [2.45, 2.75) is 25.9 Å². The molecular weight excluding hydrogens is 347 g/mol. The second-order valence-corrected chi connectivity index (χ2v) is 5.92. The van der Waals surface area contributed by atoms with Gasteiger partial charge in [-0.2, -0.15) is 5.10 Å². The predicted octanol–water partition coefficient (Wildman–Crippen LogP) is 3.57. The number of hydrogen-bond acceptors (Lipinski definition) is 3. The van der Waals surface area contributed by atoms with E-state index >= 15 is 0 Å². The van der Waals surface area contributed by atoms with Crippen LogP contribution in [0.3, 0.4) is 0 Å². The molecule has 0 saturated heterocycles. The number of nitrogens with zero attached hydrogens (tertiary/aromatic N) is 2. The maximum atomic E-state index is 14.2. The molecule has 1 unspecified atom stereocenters. The summed E-state index contributed by atoms with van der Waals surface area (Å²) in [6.45, 7) is 3.98. The molecule has 0 spiro atoms. The van der Waals surface area contributed by atoms with Crippen molar-refractivity contribution in [1.29, 1.82) is 0 Å². The van der Waals surface area contributed by atoms with Crippen LogP contribution in [0.5, 0.6) is 0 Å². The van der Waals surface area contributed by atoms with Gasteiger partial charge in [0.25, 0.3) is 0 Å². The summed E-state index contributed by atoms with van der Waals surface area (Å²) in [7, 11) is 0. The van der Waals surface area contributed by atoms with Crippen LogP contribution in [0, 0.1) is 5.82 Å². The van der Waals surface area contributed by atoms with Crippen molar-refractivity contribution in [3.8, 4) is 0 Å². The first-order valence-electron chi connectivity index (χ1n) is 6.10. The lowest BCUT2D eigenvalue weighted by atomic mass is 10.0. The van der Waals surface area contributed by atoms with Gasteiger partial charge < -0.3 is 0 Å². The average molecular weight is 362 g/mol. The molecule has 0 aliphatic rings. The monoisotopic (exact) mass is 360 g/mol. The molecule has 0 radical (unpaired) electrons. The van der Waals surface area contributed by atoms with Gasteiger partial charge in [0.15, 0.2) is 0 Å². The molecule has 1 aromatic carbocycles. The molecule has 2 aromatic rings. The third-order valence-corrected chi connectivity index (χ3v) is 3.91. The Kier molecular flexibility index (Phi) is 4.80. The lowest BCUT2D eigenvalue weighted by molar-refractivity contribution is 0.466. The number of nitrogens with two attached hydrogens (primary N) is 1. The molecule has 1 heterocycles. The number of halogens is 3. The fourth-order valence-corrected chi connectivity index (χ4v) is 2.78. The fraction of sp³-hybridized carbons (Fsp3) is 0.308. The van der Waals surface area contributed by atoms with E-state index in [9.17, 15) is 4.39 Å². The maximum absolute atomic E-state index is 14.2. The van der Waals surface area contributed by atoms with Gasteiger partial charge in [0, 0.05) is 11.6 Å². The molecule has 20 heavy (non-hydrogen) atoms. The van der Waals surface area contributed by atoms with E-state index in [1.165, 1.54) is 6.07 Å². The lowest BCUT2D eigenvalue weighted by Crippen LogP contribution is -2.32. The quantitative estimate of drug-likeness (QED) is 0.646. The zero-order valence-electron chi connectivity index (χ0n) is 11.1. The van der Waals surface area contributed by atoms with Gasteiger partial charge in [0.2, 0.25) is 0 Å². The number of aromatic nitrogens is 2. The minimum Gasteiger partial charge on any atom is -0.271 e. The minimum atomic E-state index is -0.548. The Morgan fingerprint density at radius 1 is 1.45 bits per heavy atom. The molecule has 4 nitrogen and oxygen atoms in total. The Balaban J connectivity index is 2.58. The molecule has 2 rings (SSSR count). The zero-order valence-corrected chi connectivity index (χ0v) is 13.4. The van der Waals surface area contributed by atoms with E-state index in [0.717, 1.165) is 10.2 Å². The molecule has 108 valence electrons. The Hall–Kier alpha value is -0.950. The normalized spacial score (nSPS) is 12.9. The number of benzene rings is 1. The average Bonchev–Trinajstić information content (AvgIpc) is 2.78. The Morgan fingerprint density at radius 3 is 2.75 bits per heavy atom. The van der Waals surface area contributed by atoms with Gasteiger partial charge in [-0.3, -0.25) is 10.5 Å². The van der Waals surface area contributed by atoms with Gasteiger partial charge in [-0.1, -0.05) is 23.7 Å². The van der Waals surface area contributed by atoms with Crippen LogP contribution < -0.4 is 11.3 Å². The van der Waals surface area contributed by atoms with Crippen molar-refractivity contribution in [3.63, 3.8) is 0 Å².